The highest BCUT2D eigenvalue weighted by molar-refractivity contribution is 5.62. The van der Waals surface area contributed by atoms with Crippen molar-refractivity contribution < 1.29 is 10.2 Å². The van der Waals surface area contributed by atoms with Gasteiger partial charge in [-0.15, -0.1) is 0 Å². The first-order valence-corrected chi connectivity index (χ1v) is 23.0. The van der Waals surface area contributed by atoms with Crippen molar-refractivity contribution in [2.24, 2.45) is 21.7 Å². The van der Waals surface area contributed by atoms with E-state index < -0.39 is 0 Å². The predicted molar refractivity (Wildman–Crippen MR) is 260 cm³/mol. The fourth-order valence-electron chi connectivity index (χ4n) is 11.6. The molecule has 0 aliphatic rings. The van der Waals surface area contributed by atoms with Crippen LogP contribution in [0.1, 0.15) is 223 Å². The van der Waals surface area contributed by atoms with Crippen LogP contribution in [-0.4, -0.2) is 10.2 Å². The second-order valence-electron chi connectivity index (χ2n) is 26.1. The molecule has 0 saturated carbocycles. The summed E-state index contributed by atoms with van der Waals surface area (Å²) in [7, 11) is 0. The van der Waals surface area contributed by atoms with Crippen LogP contribution in [0, 0.1) is 21.7 Å². The number of phenols is 2. The van der Waals surface area contributed by atoms with Crippen molar-refractivity contribution >= 4 is 5.69 Å². The van der Waals surface area contributed by atoms with E-state index in [2.05, 4.69) is 200 Å². The van der Waals surface area contributed by atoms with Crippen LogP contribution in [0.5, 0.6) is 11.5 Å². The molecule has 332 valence electrons. The maximum Gasteiger partial charge on any atom is 0.123 e. The number of phenolic OH excluding ortho intramolecular Hbond substituents is 2. The van der Waals surface area contributed by atoms with Crippen molar-refractivity contribution in [2.45, 2.75) is 226 Å². The van der Waals surface area contributed by atoms with E-state index in [-0.39, 0.29) is 43.3 Å². The average Bonchev–Trinajstić information content (AvgIpc) is 3.00. The third-order valence-corrected chi connectivity index (χ3v) is 12.2. The lowest BCUT2D eigenvalue weighted by Crippen LogP contribution is -2.30. The molecule has 3 aromatic carbocycles. The minimum atomic E-state index is -0.246. The number of anilines is 1. The lowest BCUT2D eigenvalue weighted by molar-refractivity contribution is 0.266. The lowest BCUT2D eigenvalue weighted by atomic mass is 9.67. The Morgan fingerprint density at radius 2 is 0.644 bits per heavy atom. The Morgan fingerprint density at radius 3 is 0.847 bits per heavy atom. The molecule has 0 bridgehead atoms. The van der Waals surface area contributed by atoms with E-state index in [9.17, 15) is 10.2 Å². The van der Waals surface area contributed by atoms with Gasteiger partial charge in [0.25, 0.3) is 0 Å². The number of benzene rings is 3. The van der Waals surface area contributed by atoms with Gasteiger partial charge in [-0.1, -0.05) is 171 Å². The van der Waals surface area contributed by atoms with Crippen molar-refractivity contribution in [3.05, 3.63) is 87.0 Å². The first-order valence-electron chi connectivity index (χ1n) is 23.0. The summed E-state index contributed by atoms with van der Waals surface area (Å²) >= 11 is 0. The van der Waals surface area contributed by atoms with Gasteiger partial charge in [0.1, 0.15) is 11.5 Å². The Bertz CT molecular complexity index is 1660. The van der Waals surface area contributed by atoms with Crippen LogP contribution in [0.2, 0.25) is 0 Å². The molecule has 0 spiro atoms. The van der Waals surface area contributed by atoms with Crippen molar-refractivity contribution in [3.63, 3.8) is 0 Å². The molecule has 0 heterocycles. The standard InChI is InChI=1S/C56H91NO2/c1-23-40-26-25-27-41(24-2)46(40)57(32-38-28-42(53(15,16)34-49(3,4)5)47(58)43(29-38)54(17,18)35-50(6,7)8)33-39-30-44(55(19,20)36-51(9,10)11)48(59)45(31-39)56(21,22)37-52(12,13)14/h25-31,58-59H,23-24,32-37H2,1-22H3. The monoisotopic (exact) mass is 810 g/mol. The van der Waals surface area contributed by atoms with Gasteiger partial charge in [0.2, 0.25) is 0 Å². The van der Waals surface area contributed by atoms with Gasteiger partial charge in [-0.3, -0.25) is 0 Å². The van der Waals surface area contributed by atoms with E-state index in [0.29, 0.717) is 24.6 Å². The smallest absolute Gasteiger partial charge is 0.123 e. The highest BCUT2D eigenvalue weighted by Gasteiger charge is 2.38. The lowest BCUT2D eigenvalue weighted by Gasteiger charge is -2.39. The summed E-state index contributed by atoms with van der Waals surface area (Å²) in [6.07, 6.45) is 5.68. The van der Waals surface area contributed by atoms with Crippen molar-refractivity contribution in [1.82, 2.24) is 0 Å². The topological polar surface area (TPSA) is 43.7 Å². The van der Waals surface area contributed by atoms with Gasteiger partial charge in [-0.25, -0.2) is 0 Å². The molecule has 3 nitrogen and oxygen atoms in total. The number of aryl methyl sites for hydroxylation is 2. The number of aromatic hydroxyl groups is 2. The Hall–Kier alpha value is -2.94. The maximum atomic E-state index is 12.4. The van der Waals surface area contributed by atoms with Gasteiger partial charge < -0.3 is 15.1 Å². The van der Waals surface area contributed by atoms with E-state index in [1.165, 1.54) is 27.9 Å². The summed E-state index contributed by atoms with van der Waals surface area (Å²) in [5.41, 5.74) is 10.0. The molecule has 0 aromatic heterocycles. The molecule has 0 unspecified atom stereocenters. The van der Waals surface area contributed by atoms with E-state index >= 15 is 0 Å². The van der Waals surface area contributed by atoms with Gasteiger partial charge in [0.05, 0.1) is 0 Å². The zero-order valence-electron chi connectivity index (χ0n) is 42.5. The van der Waals surface area contributed by atoms with Crippen LogP contribution in [0.25, 0.3) is 0 Å². The Morgan fingerprint density at radius 1 is 0.407 bits per heavy atom. The van der Waals surface area contributed by atoms with Crippen LogP contribution < -0.4 is 4.90 Å². The molecular formula is C56H91NO2. The van der Waals surface area contributed by atoms with Crippen LogP contribution in [-0.2, 0) is 47.6 Å². The predicted octanol–water partition coefficient (Wildman–Crippen LogP) is 16.3. The first-order chi connectivity index (χ1) is 26.4. The van der Waals surface area contributed by atoms with Crippen LogP contribution >= 0.6 is 0 Å². The normalized spacial score (nSPS) is 13.9. The summed E-state index contributed by atoms with van der Waals surface area (Å²) in [6, 6.07) is 16.2. The Balaban J connectivity index is 2.48. The zero-order valence-corrected chi connectivity index (χ0v) is 42.5. The highest BCUT2D eigenvalue weighted by atomic mass is 16.3. The largest absolute Gasteiger partial charge is 0.507 e. The number of nitrogens with zero attached hydrogens (tertiary/aromatic N) is 1. The third-order valence-electron chi connectivity index (χ3n) is 12.2. The Labute approximate surface area is 365 Å². The van der Waals surface area contributed by atoms with Gasteiger partial charge in [0, 0.05) is 41.0 Å². The van der Waals surface area contributed by atoms with E-state index in [4.69, 9.17) is 0 Å². The summed E-state index contributed by atoms with van der Waals surface area (Å²) in [6.45, 7) is 52.1. The summed E-state index contributed by atoms with van der Waals surface area (Å²) in [4.78, 5) is 2.62. The molecular weight excluding hydrogens is 719 g/mol. The summed E-state index contributed by atoms with van der Waals surface area (Å²) < 4.78 is 0. The van der Waals surface area contributed by atoms with Crippen molar-refractivity contribution in [3.8, 4) is 11.5 Å². The second-order valence-corrected chi connectivity index (χ2v) is 26.1. The van der Waals surface area contributed by atoms with Gasteiger partial charge in [-0.2, -0.15) is 0 Å². The number of hydrogen-bond acceptors (Lipinski definition) is 3. The van der Waals surface area contributed by atoms with Crippen LogP contribution in [0.3, 0.4) is 0 Å². The Kier molecular flexibility index (Phi) is 14.9. The molecule has 3 heteroatoms. The molecule has 0 radical (unpaired) electrons. The second kappa shape index (κ2) is 17.4. The molecule has 0 saturated heterocycles. The fraction of sp³-hybridized carbons (Fsp3) is 0.679. The highest BCUT2D eigenvalue weighted by Crippen LogP contribution is 2.49. The molecule has 0 aliphatic heterocycles. The molecule has 59 heavy (non-hydrogen) atoms. The average molecular weight is 810 g/mol. The number of rotatable bonds is 15. The fourth-order valence-corrected chi connectivity index (χ4v) is 11.6. The van der Waals surface area contributed by atoms with E-state index in [1.54, 1.807) is 0 Å². The minimum Gasteiger partial charge on any atom is -0.507 e. The summed E-state index contributed by atoms with van der Waals surface area (Å²) in [5.74, 6) is 0.920. The van der Waals surface area contributed by atoms with Gasteiger partial charge in [-0.05, 0) is 128 Å². The first kappa shape index (κ1) is 50.4. The van der Waals surface area contributed by atoms with Gasteiger partial charge in [0.15, 0.2) is 0 Å². The van der Waals surface area contributed by atoms with Gasteiger partial charge >= 0.3 is 0 Å². The van der Waals surface area contributed by atoms with Crippen LogP contribution in [0.15, 0.2) is 42.5 Å². The minimum absolute atomic E-state index is 0.0883. The molecule has 0 fully saturated rings. The van der Waals surface area contributed by atoms with E-state index in [1.807, 2.05) is 0 Å². The molecule has 0 amide bonds. The van der Waals surface area contributed by atoms with Crippen molar-refractivity contribution in [2.75, 3.05) is 4.90 Å². The molecule has 2 N–H and O–H groups in total. The number of para-hydroxylation sites is 1. The molecule has 3 rings (SSSR count). The number of hydrogen-bond donors (Lipinski definition) is 2. The van der Waals surface area contributed by atoms with Crippen LogP contribution in [0.4, 0.5) is 5.69 Å². The van der Waals surface area contributed by atoms with Crippen molar-refractivity contribution in [1.29, 1.82) is 0 Å². The maximum absolute atomic E-state index is 12.4. The third kappa shape index (κ3) is 13.5. The quantitative estimate of drug-likeness (QED) is 0.161. The summed E-state index contributed by atoms with van der Waals surface area (Å²) in [5, 5.41) is 24.8. The zero-order chi connectivity index (χ0) is 45.5. The molecule has 0 atom stereocenters. The van der Waals surface area contributed by atoms with E-state index in [0.717, 1.165) is 60.8 Å². The molecule has 3 aromatic rings. The SMILES string of the molecule is CCc1cccc(CC)c1N(Cc1cc(C(C)(C)CC(C)(C)C)c(O)c(C(C)(C)CC(C)(C)C)c1)Cc1cc(C(C)(C)CC(C)(C)C)c(O)c(C(C)(C)CC(C)(C)C)c1. The molecule has 0 aliphatic carbocycles.